The van der Waals surface area contributed by atoms with Crippen molar-refractivity contribution in [1.82, 2.24) is 0 Å². The second-order valence-electron chi connectivity index (χ2n) is 3.89. The molecule has 0 aliphatic carbocycles. The summed E-state index contributed by atoms with van der Waals surface area (Å²) in [6.07, 6.45) is -5.33. The molecule has 92 valence electrons. The third-order valence-corrected chi connectivity index (χ3v) is 4.07. The predicted octanol–water partition coefficient (Wildman–Crippen LogP) is 2.66. The van der Waals surface area contributed by atoms with Crippen LogP contribution >= 0.6 is 0 Å². The van der Waals surface area contributed by atoms with Gasteiger partial charge in [0, 0.05) is 18.3 Å². The monoisotopic (exact) mass is 244 g/mol. The van der Waals surface area contributed by atoms with Gasteiger partial charge in [0.2, 0.25) is 0 Å². The summed E-state index contributed by atoms with van der Waals surface area (Å²) in [5.74, 6) is 0. The summed E-state index contributed by atoms with van der Waals surface area (Å²) < 4.78 is 47.5. The van der Waals surface area contributed by atoms with E-state index in [1.165, 1.54) is 0 Å². The molecule has 0 bridgehead atoms. The van der Waals surface area contributed by atoms with Gasteiger partial charge in [0.1, 0.15) is 0 Å². The molecule has 0 amide bonds. The Balaban J connectivity index is 4.11. The van der Waals surface area contributed by atoms with Crippen molar-refractivity contribution in [2.24, 2.45) is 0 Å². The highest BCUT2D eigenvalue weighted by Gasteiger charge is 2.28. The van der Waals surface area contributed by atoms with E-state index in [1.54, 1.807) is 27.7 Å². The van der Waals surface area contributed by atoms with Crippen molar-refractivity contribution in [3.63, 3.8) is 0 Å². The number of hydrogen-bond donors (Lipinski definition) is 0. The van der Waals surface area contributed by atoms with Crippen LogP contribution in [0.3, 0.4) is 0 Å². The second kappa shape index (κ2) is 7.24. The SMILES string of the molecule is CC(C)O[SiH](CC(F)C(F)F)OC(C)C. The van der Waals surface area contributed by atoms with E-state index in [-0.39, 0.29) is 18.3 Å². The normalized spacial score (nSPS) is 14.6. The van der Waals surface area contributed by atoms with Crippen LogP contribution in [0.1, 0.15) is 27.7 Å². The first-order valence-corrected chi connectivity index (χ1v) is 6.82. The fraction of sp³-hybridized carbons (Fsp3) is 1.00. The van der Waals surface area contributed by atoms with E-state index < -0.39 is 21.9 Å². The van der Waals surface area contributed by atoms with Gasteiger partial charge in [0.15, 0.2) is 6.17 Å². The van der Waals surface area contributed by atoms with Crippen molar-refractivity contribution in [2.75, 3.05) is 0 Å². The Bertz CT molecular complexity index is 157. The molecule has 15 heavy (non-hydrogen) atoms. The van der Waals surface area contributed by atoms with E-state index in [4.69, 9.17) is 8.85 Å². The number of hydrogen-bond acceptors (Lipinski definition) is 2. The molecular formula is C9H19F3O2Si. The molecule has 1 unspecified atom stereocenters. The van der Waals surface area contributed by atoms with Crippen LogP contribution < -0.4 is 0 Å². The summed E-state index contributed by atoms with van der Waals surface area (Å²) in [4.78, 5) is 0. The first-order chi connectivity index (χ1) is 6.82. The maximum Gasteiger partial charge on any atom is 0.325 e. The zero-order valence-corrected chi connectivity index (χ0v) is 10.7. The van der Waals surface area contributed by atoms with Gasteiger partial charge in [0.05, 0.1) is 0 Å². The zero-order valence-electron chi connectivity index (χ0n) is 9.54. The topological polar surface area (TPSA) is 18.5 Å². The molecule has 0 aromatic rings. The lowest BCUT2D eigenvalue weighted by Gasteiger charge is -2.22. The molecule has 0 aromatic heterocycles. The molecule has 0 aliphatic heterocycles. The molecule has 6 heteroatoms. The Hall–Kier alpha value is -0.0731. The van der Waals surface area contributed by atoms with Gasteiger partial charge in [-0.2, -0.15) is 0 Å². The Labute approximate surface area is 90.6 Å². The third kappa shape index (κ3) is 7.81. The van der Waals surface area contributed by atoms with Crippen LogP contribution in [0, 0.1) is 0 Å². The minimum absolute atomic E-state index is 0.120. The van der Waals surface area contributed by atoms with Gasteiger partial charge in [-0.15, -0.1) is 0 Å². The molecule has 0 saturated carbocycles. The molecule has 0 fully saturated rings. The lowest BCUT2D eigenvalue weighted by molar-refractivity contribution is 0.0486. The van der Waals surface area contributed by atoms with Crippen LogP contribution in [0.25, 0.3) is 0 Å². The van der Waals surface area contributed by atoms with Crippen LogP contribution in [-0.4, -0.2) is 34.1 Å². The Kier molecular flexibility index (Phi) is 7.21. The largest absolute Gasteiger partial charge is 0.394 e. The first kappa shape index (κ1) is 14.9. The van der Waals surface area contributed by atoms with E-state index in [1.807, 2.05) is 0 Å². The van der Waals surface area contributed by atoms with Crippen molar-refractivity contribution >= 4 is 9.28 Å². The molecule has 0 aliphatic rings. The Morgan fingerprint density at radius 2 is 1.33 bits per heavy atom. The van der Waals surface area contributed by atoms with Crippen molar-refractivity contribution in [1.29, 1.82) is 0 Å². The van der Waals surface area contributed by atoms with Crippen LogP contribution in [0.5, 0.6) is 0 Å². The van der Waals surface area contributed by atoms with Gasteiger partial charge in [-0.3, -0.25) is 0 Å². The highest BCUT2D eigenvalue weighted by Crippen LogP contribution is 2.15. The van der Waals surface area contributed by atoms with Gasteiger partial charge in [-0.25, -0.2) is 13.2 Å². The van der Waals surface area contributed by atoms with Crippen LogP contribution in [-0.2, 0) is 8.85 Å². The standard InChI is InChI=1S/C9H19F3O2Si/c1-6(2)13-15(14-7(3)4)5-8(10)9(11)12/h6-9,15H,5H2,1-4H3. The second-order valence-corrected chi connectivity index (χ2v) is 5.76. The van der Waals surface area contributed by atoms with Gasteiger partial charge < -0.3 is 8.85 Å². The van der Waals surface area contributed by atoms with Crippen molar-refractivity contribution < 1.29 is 22.0 Å². The summed E-state index contributed by atoms with van der Waals surface area (Å²) in [6, 6.07) is -0.298. The molecule has 0 heterocycles. The Morgan fingerprint density at radius 1 is 0.933 bits per heavy atom. The van der Waals surface area contributed by atoms with Gasteiger partial charge >= 0.3 is 9.28 Å². The van der Waals surface area contributed by atoms with Crippen LogP contribution in [0.2, 0.25) is 6.04 Å². The number of alkyl halides is 3. The minimum Gasteiger partial charge on any atom is -0.394 e. The van der Waals surface area contributed by atoms with Crippen LogP contribution in [0.15, 0.2) is 0 Å². The Morgan fingerprint density at radius 3 is 1.60 bits per heavy atom. The smallest absolute Gasteiger partial charge is 0.325 e. The van der Waals surface area contributed by atoms with E-state index in [9.17, 15) is 13.2 Å². The molecule has 0 radical (unpaired) electrons. The summed E-state index contributed by atoms with van der Waals surface area (Å²) in [6.45, 7) is 7.11. The average molecular weight is 244 g/mol. The van der Waals surface area contributed by atoms with Gasteiger partial charge in [-0.1, -0.05) is 0 Å². The first-order valence-electron chi connectivity index (χ1n) is 5.06. The predicted molar refractivity (Wildman–Crippen MR) is 55.3 cm³/mol. The lowest BCUT2D eigenvalue weighted by atomic mass is 10.5. The number of rotatable bonds is 7. The average Bonchev–Trinajstić information content (AvgIpc) is 2.00. The van der Waals surface area contributed by atoms with Crippen molar-refractivity contribution in [2.45, 2.75) is 58.5 Å². The summed E-state index contributed by atoms with van der Waals surface area (Å²) >= 11 is 0. The minimum atomic E-state index is -2.95. The quantitative estimate of drug-likeness (QED) is 0.641. The van der Waals surface area contributed by atoms with Crippen molar-refractivity contribution in [3.8, 4) is 0 Å². The highest BCUT2D eigenvalue weighted by atomic mass is 28.3. The molecule has 0 rings (SSSR count). The fourth-order valence-corrected chi connectivity index (χ4v) is 3.11. The van der Waals surface area contributed by atoms with E-state index in [0.29, 0.717) is 0 Å². The molecule has 1 atom stereocenters. The van der Waals surface area contributed by atoms with Gasteiger partial charge in [0.25, 0.3) is 6.43 Å². The lowest BCUT2D eigenvalue weighted by Crippen LogP contribution is -2.33. The van der Waals surface area contributed by atoms with Crippen molar-refractivity contribution in [3.05, 3.63) is 0 Å². The molecular weight excluding hydrogens is 225 g/mol. The summed E-state index contributed by atoms with van der Waals surface area (Å²) in [7, 11) is -2.32. The van der Waals surface area contributed by atoms with E-state index in [2.05, 4.69) is 0 Å². The van der Waals surface area contributed by atoms with Crippen LogP contribution in [0.4, 0.5) is 13.2 Å². The molecule has 0 saturated heterocycles. The zero-order chi connectivity index (χ0) is 12.0. The highest BCUT2D eigenvalue weighted by molar-refractivity contribution is 6.44. The van der Waals surface area contributed by atoms with E-state index in [0.717, 1.165) is 0 Å². The van der Waals surface area contributed by atoms with E-state index >= 15 is 0 Å². The molecule has 2 nitrogen and oxygen atoms in total. The summed E-state index contributed by atoms with van der Waals surface area (Å²) in [5, 5.41) is 0. The summed E-state index contributed by atoms with van der Waals surface area (Å²) in [5.41, 5.74) is 0. The third-order valence-electron chi connectivity index (χ3n) is 1.54. The maximum absolute atomic E-state index is 12.8. The molecule has 0 aromatic carbocycles. The molecule has 0 spiro atoms. The fourth-order valence-electron chi connectivity index (χ4n) is 1.04. The van der Waals surface area contributed by atoms with Gasteiger partial charge in [-0.05, 0) is 27.7 Å². The maximum atomic E-state index is 12.8. The number of halogens is 3. The molecule has 0 N–H and O–H groups in total.